The number of hydrogen-bond donors (Lipinski definition) is 0. The van der Waals surface area contributed by atoms with Crippen LogP contribution in [0.4, 0.5) is 0 Å². The van der Waals surface area contributed by atoms with Crippen molar-refractivity contribution in [3.05, 3.63) is 28.3 Å². The number of rotatable bonds is 4. The van der Waals surface area contributed by atoms with Gasteiger partial charge >= 0.3 is 0 Å². The minimum Gasteiger partial charge on any atom is -0.298 e. The van der Waals surface area contributed by atoms with Gasteiger partial charge in [-0.2, -0.15) is 0 Å². The summed E-state index contributed by atoms with van der Waals surface area (Å²) < 4.78 is 24.0. The summed E-state index contributed by atoms with van der Waals surface area (Å²) in [5.41, 5.74) is 2.80. The summed E-state index contributed by atoms with van der Waals surface area (Å²) in [5.74, 6) is 0.0148. The molecule has 0 radical (unpaired) electrons. The van der Waals surface area contributed by atoms with E-state index in [0.29, 0.717) is 23.8 Å². The fourth-order valence-electron chi connectivity index (χ4n) is 2.19. The van der Waals surface area contributed by atoms with Crippen molar-refractivity contribution in [2.45, 2.75) is 39.0 Å². The molecular formula is C13H18O3S. The summed E-state index contributed by atoms with van der Waals surface area (Å²) in [6.45, 7) is 7.16. The molecule has 1 aromatic rings. The molecule has 0 atom stereocenters. The average Bonchev–Trinajstić information content (AvgIpc) is 2.27. The number of carbonyl (C=O) groups is 1. The molecule has 17 heavy (non-hydrogen) atoms. The Balaban J connectivity index is 3.77. The van der Waals surface area contributed by atoms with Gasteiger partial charge in [0.1, 0.15) is 0 Å². The van der Waals surface area contributed by atoms with Gasteiger partial charge in [-0.15, -0.1) is 0 Å². The first-order valence-corrected chi connectivity index (χ1v) is 7.35. The Labute approximate surface area is 103 Å². The first-order chi connectivity index (χ1) is 7.88. The number of aldehydes is 1. The molecule has 0 aliphatic carbocycles. The molecule has 0 fully saturated rings. The highest BCUT2D eigenvalue weighted by Gasteiger charge is 2.22. The van der Waals surface area contributed by atoms with Crippen LogP contribution in [0.25, 0.3) is 0 Å². The zero-order valence-corrected chi connectivity index (χ0v) is 11.5. The Morgan fingerprint density at radius 3 is 2.18 bits per heavy atom. The summed E-state index contributed by atoms with van der Waals surface area (Å²) >= 11 is 0. The standard InChI is InChI=1S/C13H18O3S/c1-5-11-9(3)7-10(4)13(12(11)8-14)17(15,16)6-2/h7-8H,5-6H2,1-4H3. The predicted molar refractivity (Wildman–Crippen MR) is 68.4 cm³/mol. The molecule has 0 saturated heterocycles. The van der Waals surface area contributed by atoms with Crippen molar-refractivity contribution >= 4 is 16.1 Å². The van der Waals surface area contributed by atoms with E-state index in [2.05, 4.69) is 0 Å². The van der Waals surface area contributed by atoms with Gasteiger partial charge < -0.3 is 0 Å². The third-order valence-corrected chi connectivity index (χ3v) is 4.92. The van der Waals surface area contributed by atoms with E-state index in [4.69, 9.17) is 0 Å². The zero-order chi connectivity index (χ0) is 13.2. The molecule has 0 unspecified atom stereocenters. The molecule has 0 saturated carbocycles. The Hall–Kier alpha value is -1.16. The second-order valence-electron chi connectivity index (χ2n) is 4.11. The van der Waals surface area contributed by atoms with Crippen LogP contribution in [0.15, 0.2) is 11.0 Å². The monoisotopic (exact) mass is 254 g/mol. The molecule has 0 spiro atoms. The van der Waals surface area contributed by atoms with Crippen LogP contribution in [-0.2, 0) is 16.3 Å². The van der Waals surface area contributed by atoms with Crippen LogP contribution >= 0.6 is 0 Å². The van der Waals surface area contributed by atoms with E-state index >= 15 is 0 Å². The Morgan fingerprint density at radius 1 is 1.18 bits per heavy atom. The summed E-state index contributed by atoms with van der Waals surface area (Å²) in [6.07, 6.45) is 1.33. The number of hydrogen-bond acceptors (Lipinski definition) is 3. The van der Waals surface area contributed by atoms with E-state index in [0.717, 1.165) is 11.1 Å². The van der Waals surface area contributed by atoms with Crippen molar-refractivity contribution in [2.24, 2.45) is 0 Å². The molecule has 0 heterocycles. The van der Waals surface area contributed by atoms with Crippen LogP contribution in [0.3, 0.4) is 0 Å². The molecule has 3 nitrogen and oxygen atoms in total. The lowest BCUT2D eigenvalue weighted by molar-refractivity contribution is 0.111. The Kier molecular flexibility index (Phi) is 4.09. The maximum atomic E-state index is 12.0. The lowest BCUT2D eigenvalue weighted by atomic mass is 9.97. The van der Waals surface area contributed by atoms with E-state index in [9.17, 15) is 13.2 Å². The van der Waals surface area contributed by atoms with Crippen molar-refractivity contribution in [1.29, 1.82) is 0 Å². The second-order valence-corrected chi connectivity index (χ2v) is 6.32. The van der Waals surface area contributed by atoms with E-state index in [1.807, 2.05) is 19.9 Å². The number of aryl methyl sites for hydroxylation is 2. The lowest BCUT2D eigenvalue weighted by Crippen LogP contribution is -2.12. The molecule has 94 valence electrons. The highest BCUT2D eigenvalue weighted by atomic mass is 32.2. The van der Waals surface area contributed by atoms with Crippen LogP contribution < -0.4 is 0 Å². The lowest BCUT2D eigenvalue weighted by Gasteiger charge is -2.15. The van der Waals surface area contributed by atoms with E-state index in [1.54, 1.807) is 13.8 Å². The Morgan fingerprint density at radius 2 is 1.76 bits per heavy atom. The number of benzene rings is 1. The third-order valence-electron chi connectivity index (χ3n) is 3.00. The SMILES string of the molecule is CCc1c(C)cc(C)c(S(=O)(=O)CC)c1C=O. The highest BCUT2D eigenvalue weighted by molar-refractivity contribution is 7.91. The minimum atomic E-state index is -3.35. The Bertz CT molecular complexity index is 542. The van der Waals surface area contributed by atoms with Gasteiger partial charge in [-0.25, -0.2) is 8.42 Å². The van der Waals surface area contributed by atoms with Crippen LogP contribution in [0.5, 0.6) is 0 Å². The summed E-state index contributed by atoms with van der Waals surface area (Å²) in [4.78, 5) is 11.4. The number of sulfone groups is 1. The van der Waals surface area contributed by atoms with Gasteiger partial charge in [-0.3, -0.25) is 4.79 Å². The van der Waals surface area contributed by atoms with Gasteiger partial charge in [0.05, 0.1) is 10.6 Å². The van der Waals surface area contributed by atoms with Gasteiger partial charge in [0.25, 0.3) is 0 Å². The van der Waals surface area contributed by atoms with E-state index in [1.165, 1.54) is 0 Å². The highest BCUT2D eigenvalue weighted by Crippen LogP contribution is 2.27. The zero-order valence-electron chi connectivity index (χ0n) is 10.7. The van der Waals surface area contributed by atoms with Crippen molar-refractivity contribution in [1.82, 2.24) is 0 Å². The molecule has 0 amide bonds. The summed E-state index contributed by atoms with van der Waals surface area (Å²) in [6, 6.07) is 1.84. The topological polar surface area (TPSA) is 51.2 Å². The smallest absolute Gasteiger partial charge is 0.179 e. The van der Waals surface area contributed by atoms with Crippen LogP contribution in [-0.4, -0.2) is 20.5 Å². The van der Waals surface area contributed by atoms with Gasteiger partial charge in [0.2, 0.25) is 0 Å². The normalized spacial score (nSPS) is 11.5. The molecule has 0 aromatic heterocycles. The molecule has 0 aliphatic heterocycles. The van der Waals surface area contributed by atoms with Crippen molar-refractivity contribution in [3.63, 3.8) is 0 Å². The maximum absolute atomic E-state index is 12.0. The molecule has 1 aromatic carbocycles. The van der Waals surface area contributed by atoms with Gasteiger partial charge in [0.15, 0.2) is 16.1 Å². The molecular weight excluding hydrogens is 236 g/mol. The van der Waals surface area contributed by atoms with Crippen molar-refractivity contribution in [2.75, 3.05) is 5.75 Å². The first-order valence-electron chi connectivity index (χ1n) is 5.70. The van der Waals surface area contributed by atoms with E-state index in [-0.39, 0.29) is 10.6 Å². The van der Waals surface area contributed by atoms with Gasteiger partial charge in [-0.1, -0.05) is 19.9 Å². The molecule has 0 N–H and O–H groups in total. The molecule has 4 heteroatoms. The van der Waals surface area contributed by atoms with Gasteiger partial charge in [0, 0.05) is 5.56 Å². The fraction of sp³-hybridized carbons (Fsp3) is 0.462. The largest absolute Gasteiger partial charge is 0.298 e. The fourth-order valence-corrected chi connectivity index (χ4v) is 3.53. The minimum absolute atomic E-state index is 0.0148. The average molecular weight is 254 g/mol. The second kappa shape index (κ2) is 5.00. The van der Waals surface area contributed by atoms with E-state index < -0.39 is 9.84 Å². The maximum Gasteiger partial charge on any atom is 0.179 e. The van der Waals surface area contributed by atoms with Crippen molar-refractivity contribution < 1.29 is 13.2 Å². The third kappa shape index (κ3) is 2.41. The first kappa shape index (κ1) is 13.9. The quantitative estimate of drug-likeness (QED) is 0.776. The molecule has 1 rings (SSSR count). The molecule has 0 aliphatic rings. The van der Waals surface area contributed by atoms with Crippen LogP contribution in [0, 0.1) is 13.8 Å². The van der Waals surface area contributed by atoms with Crippen molar-refractivity contribution in [3.8, 4) is 0 Å². The summed E-state index contributed by atoms with van der Waals surface area (Å²) in [5, 5.41) is 0. The van der Waals surface area contributed by atoms with Gasteiger partial charge in [-0.05, 0) is 37.0 Å². The predicted octanol–water partition coefficient (Wildman–Crippen LogP) is 2.47. The van der Waals surface area contributed by atoms with Crippen LogP contribution in [0.2, 0.25) is 0 Å². The van der Waals surface area contributed by atoms with Crippen LogP contribution in [0.1, 0.15) is 40.9 Å². The number of carbonyl (C=O) groups excluding carboxylic acids is 1. The molecule has 0 bridgehead atoms. The summed E-state index contributed by atoms with van der Waals surface area (Å²) in [7, 11) is -3.35.